The second-order valence-electron chi connectivity index (χ2n) is 8.34. The molecule has 0 unspecified atom stereocenters. The van der Waals surface area contributed by atoms with E-state index in [9.17, 15) is 123 Å². The molecule has 0 radical (unpaired) electrons. The predicted molar refractivity (Wildman–Crippen MR) is 82.2 cm³/mol. The van der Waals surface area contributed by atoms with Crippen LogP contribution in [0.15, 0.2) is 0 Å². The first-order valence-corrected chi connectivity index (χ1v) is 9.77. The van der Waals surface area contributed by atoms with E-state index in [0.717, 1.165) is 0 Å². The van der Waals surface area contributed by atoms with E-state index in [1.807, 2.05) is 0 Å². The van der Waals surface area contributed by atoms with Crippen molar-refractivity contribution in [3.8, 4) is 0 Å². The highest BCUT2D eigenvalue weighted by Crippen LogP contribution is 2.62. The van der Waals surface area contributed by atoms with E-state index in [4.69, 9.17) is 0 Å². The Morgan fingerprint density at radius 3 is 0.644 bits per heavy atom. The molecule has 0 aromatic heterocycles. The smallest absolute Gasteiger partial charge is 0.368 e. The number of halogens is 28. The van der Waals surface area contributed by atoms with Gasteiger partial charge in [-0.2, -0.15) is 105 Å². The van der Waals surface area contributed by atoms with E-state index >= 15 is 0 Å². The van der Waals surface area contributed by atoms with Gasteiger partial charge in [-0.1, -0.05) is 0 Å². The maximum atomic E-state index is 13.5. The van der Waals surface area contributed by atoms with Crippen molar-refractivity contribution in [3.05, 3.63) is 0 Å². The van der Waals surface area contributed by atoms with Crippen LogP contribution in [0.5, 0.6) is 0 Å². The van der Waals surface area contributed by atoms with E-state index in [1.54, 1.807) is 0 Å². The van der Waals surface area contributed by atoms with Crippen molar-refractivity contribution in [2.45, 2.75) is 83.9 Å². The van der Waals surface area contributed by atoms with E-state index in [0.29, 0.717) is 0 Å². The van der Waals surface area contributed by atoms with Crippen LogP contribution in [0.3, 0.4) is 0 Å². The lowest BCUT2D eigenvalue weighted by Gasteiger charge is -2.41. The van der Waals surface area contributed by atoms with E-state index in [-0.39, 0.29) is 0 Å². The van der Waals surface area contributed by atoms with Crippen molar-refractivity contribution < 1.29 is 128 Å². The Morgan fingerprint density at radius 1 is 0.289 bits per heavy atom. The van der Waals surface area contributed by atoms with Gasteiger partial charge in [0, 0.05) is 0 Å². The summed E-state index contributed by atoms with van der Waals surface area (Å²) < 4.78 is 368. The molecule has 272 valence electrons. The molecule has 1 nitrogen and oxygen atoms in total. The van der Waals surface area contributed by atoms with Crippen LogP contribution < -0.4 is 0 Å². The van der Waals surface area contributed by atoms with Crippen LogP contribution in [0.2, 0.25) is 0 Å². The number of alkyl halides is 28. The van der Waals surface area contributed by atoms with Crippen LogP contribution in [0, 0.1) is 0 Å². The van der Waals surface area contributed by atoms with Crippen LogP contribution in [0.1, 0.15) is 0 Å². The number of hydrogen-bond donors (Lipinski definition) is 0. The van der Waals surface area contributed by atoms with Crippen LogP contribution >= 0.6 is 0 Å². The molecular weight excluding hydrogens is 740 g/mol. The molecule has 0 bridgehead atoms. The molecule has 29 heteroatoms. The summed E-state index contributed by atoms with van der Waals surface area (Å²) in [6.45, 7) is -8.68. The molecule has 0 fully saturated rings. The molecule has 0 saturated carbocycles. The van der Waals surface area contributed by atoms with Crippen molar-refractivity contribution >= 4 is 0 Å². The SMILES string of the molecule is FC(F)C(F)(F)C(F)(F)C(F)(F)C(F)(F)C(F)(F)C(F)(F)COCC(F)(F)C(F)(F)C(F)(F)C(F)(F)C(F)(F)C(F)(F)C(F)F. The van der Waals surface area contributed by atoms with Gasteiger partial charge in [0.15, 0.2) is 0 Å². The topological polar surface area (TPSA) is 9.23 Å². The fourth-order valence-corrected chi connectivity index (χ4v) is 2.43. The normalized spacial score (nSPS) is 16.7. The van der Waals surface area contributed by atoms with Gasteiger partial charge in [-0.3, -0.25) is 0 Å². The standard InChI is InChI=1S/C16H6F28O/c17-3(18)7(25,26)11(33,34)15(41,42)13(37,38)9(29,30)5(21,22)1-45-2-6(23,24)10(31,32)14(39,40)16(43,44)12(35,36)8(27,28)4(19)20/h3-4H,1-2H2. The largest absolute Gasteiger partial charge is 0.384 e. The lowest BCUT2D eigenvalue weighted by Crippen LogP contribution is -2.72. The van der Waals surface area contributed by atoms with Gasteiger partial charge in [-0.15, -0.1) is 0 Å². The molecule has 0 saturated heterocycles. The third kappa shape index (κ3) is 5.76. The first kappa shape index (κ1) is 43.0. The van der Waals surface area contributed by atoms with Gasteiger partial charge < -0.3 is 4.74 Å². The van der Waals surface area contributed by atoms with Crippen molar-refractivity contribution in [1.82, 2.24) is 0 Å². The third-order valence-corrected chi connectivity index (χ3v) is 5.24. The van der Waals surface area contributed by atoms with E-state index in [2.05, 4.69) is 4.74 Å². The van der Waals surface area contributed by atoms with Crippen LogP contribution in [-0.4, -0.2) is 97.1 Å². The van der Waals surface area contributed by atoms with Crippen LogP contribution in [0.25, 0.3) is 0 Å². The Bertz CT molecular complexity index is 944. The molecule has 0 rings (SSSR count). The van der Waals surface area contributed by atoms with Crippen molar-refractivity contribution in [3.63, 3.8) is 0 Å². The van der Waals surface area contributed by atoms with E-state index in [1.165, 1.54) is 0 Å². The summed E-state index contributed by atoms with van der Waals surface area (Å²) >= 11 is 0. The summed E-state index contributed by atoms with van der Waals surface area (Å²) in [5.41, 5.74) is 0. The Kier molecular flexibility index (Phi) is 10.8. The molecule has 0 amide bonds. The highest BCUT2D eigenvalue weighted by molar-refractivity contribution is 5.14. The second kappa shape index (κ2) is 11.3. The summed E-state index contributed by atoms with van der Waals surface area (Å²) in [5, 5.41) is 0. The summed E-state index contributed by atoms with van der Waals surface area (Å²) in [6.07, 6.45) is -12.2. The Balaban J connectivity index is 6.45. The molecular formula is C16H6F28O. The fourth-order valence-electron chi connectivity index (χ4n) is 2.43. The Labute approximate surface area is 226 Å². The van der Waals surface area contributed by atoms with Gasteiger partial charge >= 0.3 is 83.9 Å². The molecule has 0 heterocycles. The zero-order chi connectivity index (χ0) is 37.3. The lowest BCUT2D eigenvalue weighted by molar-refractivity contribution is -0.439. The summed E-state index contributed by atoms with van der Waals surface area (Å²) in [5.74, 6) is -99.0. The number of ether oxygens (including phenoxy) is 1. The fraction of sp³-hybridized carbons (Fsp3) is 1.00. The molecule has 45 heavy (non-hydrogen) atoms. The quantitative estimate of drug-likeness (QED) is 0.143. The Morgan fingerprint density at radius 2 is 0.467 bits per heavy atom. The molecule has 0 aromatic carbocycles. The van der Waals surface area contributed by atoms with Crippen molar-refractivity contribution in [1.29, 1.82) is 0 Å². The van der Waals surface area contributed by atoms with Gasteiger partial charge in [-0.05, 0) is 0 Å². The Hall–Kier alpha value is -2.00. The van der Waals surface area contributed by atoms with Gasteiger partial charge in [-0.25, -0.2) is 17.6 Å². The average Bonchev–Trinajstić information content (AvgIpc) is 2.82. The second-order valence-corrected chi connectivity index (χ2v) is 8.34. The monoisotopic (exact) mass is 746 g/mol. The average molecular weight is 746 g/mol. The van der Waals surface area contributed by atoms with Gasteiger partial charge in [0.05, 0.1) is 0 Å². The molecule has 0 aromatic rings. The number of hydrogen-bond acceptors (Lipinski definition) is 1. The zero-order valence-corrected chi connectivity index (χ0v) is 19.6. The van der Waals surface area contributed by atoms with Crippen molar-refractivity contribution in [2.75, 3.05) is 13.2 Å². The molecule has 0 N–H and O–H groups in total. The van der Waals surface area contributed by atoms with E-state index < -0.39 is 97.1 Å². The van der Waals surface area contributed by atoms with Gasteiger partial charge in [0.25, 0.3) is 0 Å². The zero-order valence-electron chi connectivity index (χ0n) is 19.6. The summed E-state index contributed by atoms with van der Waals surface area (Å²) in [4.78, 5) is 0. The van der Waals surface area contributed by atoms with Gasteiger partial charge in [0.2, 0.25) is 0 Å². The first-order valence-electron chi connectivity index (χ1n) is 9.77. The third-order valence-electron chi connectivity index (χ3n) is 5.24. The maximum absolute atomic E-state index is 13.5. The minimum Gasteiger partial charge on any atom is -0.368 e. The lowest BCUT2D eigenvalue weighted by atomic mass is 9.91. The van der Waals surface area contributed by atoms with Crippen LogP contribution in [-0.2, 0) is 4.74 Å². The predicted octanol–water partition coefficient (Wildman–Crippen LogP) is 9.16. The first-order chi connectivity index (χ1) is 19.1. The molecule has 0 aliphatic heterocycles. The molecule has 0 aliphatic rings. The minimum absolute atomic E-state index is 2.41. The van der Waals surface area contributed by atoms with Crippen LogP contribution in [0.4, 0.5) is 123 Å². The molecule has 0 atom stereocenters. The number of rotatable bonds is 16. The highest BCUT2D eigenvalue weighted by atomic mass is 19.4. The summed E-state index contributed by atoms with van der Waals surface area (Å²) in [7, 11) is 0. The van der Waals surface area contributed by atoms with Crippen molar-refractivity contribution in [2.24, 2.45) is 0 Å². The van der Waals surface area contributed by atoms with Gasteiger partial charge in [0.1, 0.15) is 13.2 Å². The maximum Gasteiger partial charge on any atom is 0.384 e. The summed E-state index contributed by atoms with van der Waals surface area (Å²) in [6, 6.07) is 0. The minimum atomic E-state index is -8.71. The highest BCUT2D eigenvalue weighted by Gasteiger charge is 2.92. The molecule has 0 aliphatic carbocycles. The molecule has 0 spiro atoms.